The van der Waals surface area contributed by atoms with Gasteiger partial charge in [0.2, 0.25) is 0 Å². The lowest BCUT2D eigenvalue weighted by atomic mass is 9.94. The average Bonchev–Trinajstić information content (AvgIpc) is 3.12. The first-order chi connectivity index (χ1) is 12.4. The third kappa shape index (κ3) is 2.39. The van der Waals surface area contributed by atoms with Crippen LogP contribution in [0.15, 0.2) is 91.0 Å². The number of rotatable bonds is 2. The van der Waals surface area contributed by atoms with Gasteiger partial charge in [-0.25, -0.2) is 5.43 Å². The fourth-order valence-electron chi connectivity index (χ4n) is 3.69. The second-order valence-electron chi connectivity index (χ2n) is 6.44. The van der Waals surface area contributed by atoms with E-state index < -0.39 is 0 Å². The van der Waals surface area contributed by atoms with Crippen LogP contribution >= 0.6 is 0 Å². The number of benzene rings is 4. The first-order valence-electron chi connectivity index (χ1n) is 8.59. The Morgan fingerprint density at radius 1 is 0.640 bits per heavy atom. The summed E-state index contributed by atoms with van der Waals surface area (Å²) in [6.45, 7) is 0. The normalized spacial score (nSPS) is 15.8. The lowest BCUT2D eigenvalue weighted by molar-refractivity contribution is 0.729. The van der Waals surface area contributed by atoms with Crippen molar-refractivity contribution in [3.8, 4) is 11.1 Å². The molecule has 4 aromatic rings. The van der Waals surface area contributed by atoms with Crippen LogP contribution in [-0.4, -0.2) is 0 Å². The second kappa shape index (κ2) is 5.76. The number of hydrogen-bond acceptors (Lipinski definition) is 2. The Balaban J connectivity index is 1.54. The van der Waals surface area contributed by atoms with Gasteiger partial charge in [0, 0.05) is 0 Å². The van der Waals surface area contributed by atoms with Crippen LogP contribution < -0.4 is 10.9 Å². The molecule has 0 spiro atoms. The Kier molecular flexibility index (Phi) is 3.29. The van der Waals surface area contributed by atoms with Crippen molar-refractivity contribution in [1.82, 2.24) is 5.43 Å². The maximum atomic E-state index is 3.38. The van der Waals surface area contributed by atoms with Gasteiger partial charge < -0.3 is 5.43 Å². The van der Waals surface area contributed by atoms with Crippen LogP contribution in [0.1, 0.15) is 17.2 Å². The number of nitrogens with one attached hydrogen (secondary N) is 2. The molecule has 0 aromatic heterocycles. The Hall–Kier alpha value is -3.10. The molecular weight excluding hydrogens is 304 g/mol. The molecule has 1 aliphatic heterocycles. The molecule has 0 fully saturated rings. The lowest BCUT2D eigenvalue weighted by Gasteiger charge is -2.13. The molecule has 0 saturated carbocycles. The Morgan fingerprint density at radius 2 is 1.40 bits per heavy atom. The summed E-state index contributed by atoms with van der Waals surface area (Å²) in [5, 5.41) is 2.57. The summed E-state index contributed by atoms with van der Waals surface area (Å²) < 4.78 is 0. The van der Waals surface area contributed by atoms with Crippen molar-refractivity contribution in [2.24, 2.45) is 0 Å². The van der Waals surface area contributed by atoms with Crippen molar-refractivity contribution in [2.75, 3.05) is 5.43 Å². The minimum atomic E-state index is 0.192. The number of hydrogen-bond donors (Lipinski definition) is 2. The van der Waals surface area contributed by atoms with Crippen molar-refractivity contribution in [3.05, 3.63) is 102 Å². The van der Waals surface area contributed by atoms with E-state index in [0.29, 0.717) is 0 Å². The van der Waals surface area contributed by atoms with Gasteiger partial charge in [0.1, 0.15) is 0 Å². The Bertz CT molecular complexity index is 1050. The highest BCUT2D eigenvalue weighted by atomic mass is 15.4. The van der Waals surface area contributed by atoms with E-state index >= 15 is 0 Å². The summed E-state index contributed by atoms with van der Waals surface area (Å²) in [4.78, 5) is 0. The van der Waals surface area contributed by atoms with Gasteiger partial charge in [-0.2, -0.15) is 0 Å². The smallest absolute Gasteiger partial charge is 0.0780 e. The van der Waals surface area contributed by atoms with Gasteiger partial charge in [0.25, 0.3) is 0 Å². The molecule has 1 aliphatic rings. The molecule has 0 bridgehead atoms. The zero-order valence-electron chi connectivity index (χ0n) is 13.7. The molecule has 5 rings (SSSR count). The SMILES string of the molecule is c1ccc2c(c1)NNC2c1ccc(-c2cccc3ccccc23)cc1. The molecule has 0 radical (unpaired) electrons. The number of para-hydroxylation sites is 1. The predicted octanol–water partition coefficient (Wildman–Crippen LogP) is 5.53. The third-order valence-corrected chi connectivity index (χ3v) is 4.97. The summed E-state index contributed by atoms with van der Waals surface area (Å²) in [5.41, 5.74) is 12.9. The Labute approximate surface area is 147 Å². The van der Waals surface area contributed by atoms with Crippen molar-refractivity contribution >= 4 is 16.5 Å². The van der Waals surface area contributed by atoms with E-state index in [1.807, 2.05) is 0 Å². The zero-order valence-corrected chi connectivity index (χ0v) is 13.7. The molecule has 120 valence electrons. The first kappa shape index (κ1) is 14.3. The fraction of sp³-hybridized carbons (Fsp3) is 0.0435. The first-order valence-corrected chi connectivity index (χ1v) is 8.59. The summed E-state index contributed by atoms with van der Waals surface area (Å²) in [6, 6.07) is 32.5. The Morgan fingerprint density at radius 3 is 2.32 bits per heavy atom. The van der Waals surface area contributed by atoms with Crippen molar-refractivity contribution in [1.29, 1.82) is 0 Å². The van der Waals surface area contributed by atoms with E-state index in [1.165, 1.54) is 33.0 Å². The van der Waals surface area contributed by atoms with Crippen LogP contribution in [0, 0.1) is 0 Å². The molecular formula is C23H18N2. The van der Waals surface area contributed by atoms with E-state index in [0.717, 1.165) is 5.69 Å². The number of fused-ring (bicyclic) bond motifs is 2. The maximum Gasteiger partial charge on any atom is 0.0780 e. The third-order valence-electron chi connectivity index (χ3n) is 4.97. The van der Waals surface area contributed by atoms with Gasteiger partial charge in [-0.15, -0.1) is 0 Å². The lowest BCUT2D eigenvalue weighted by Crippen LogP contribution is -2.19. The minimum Gasteiger partial charge on any atom is -0.320 e. The average molecular weight is 322 g/mol. The van der Waals surface area contributed by atoms with E-state index in [9.17, 15) is 0 Å². The van der Waals surface area contributed by atoms with Crippen LogP contribution in [0.4, 0.5) is 5.69 Å². The highest BCUT2D eigenvalue weighted by molar-refractivity contribution is 5.96. The molecule has 2 nitrogen and oxygen atoms in total. The van der Waals surface area contributed by atoms with Crippen LogP contribution in [0.5, 0.6) is 0 Å². The van der Waals surface area contributed by atoms with Gasteiger partial charge in [0.15, 0.2) is 0 Å². The topological polar surface area (TPSA) is 24.1 Å². The van der Waals surface area contributed by atoms with Crippen LogP contribution in [-0.2, 0) is 0 Å². The molecule has 1 atom stereocenters. The zero-order chi connectivity index (χ0) is 16.6. The molecule has 4 aromatic carbocycles. The molecule has 2 heteroatoms. The molecule has 1 heterocycles. The minimum absolute atomic E-state index is 0.192. The highest BCUT2D eigenvalue weighted by Crippen LogP contribution is 2.34. The monoisotopic (exact) mass is 322 g/mol. The molecule has 1 unspecified atom stereocenters. The molecule has 0 aliphatic carbocycles. The molecule has 25 heavy (non-hydrogen) atoms. The summed E-state index contributed by atoms with van der Waals surface area (Å²) in [6.07, 6.45) is 0. The summed E-state index contributed by atoms with van der Waals surface area (Å²) >= 11 is 0. The van der Waals surface area contributed by atoms with Crippen LogP contribution in [0.25, 0.3) is 21.9 Å². The highest BCUT2D eigenvalue weighted by Gasteiger charge is 2.22. The fourth-order valence-corrected chi connectivity index (χ4v) is 3.69. The maximum absolute atomic E-state index is 3.38. The van der Waals surface area contributed by atoms with E-state index in [-0.39, 0.29) is 6.04 Å². The van der Waals surface area contributed by atoms with Crippen LogP contribution in [0.3, 0.4) is 0 Å². The molecule has 2 N–H and O–H groups in total. The quantitative estimate of drug-likeness (QED) is 0.507. The van der Waals surface area contributed by atoms with Crippen LogP contribution in [0.2, 0.25) is 0 Å². The van der Waals surface area contributed by atoms with Crippen molar-refractivity contribution in [2.45, 2.75) is 6.04 Å². The van der Waals surface area contributed by atoms with Gasteiger partial charge >= 0.3 is 0 Å². The largest absolute Gasteiger partial charge is 0.320 e. The van der Waals surface area contributed by atoms with Crippen molar-refractivity contribution in [3.63, 3.8) is 0 Å². The number of anilines is 1. The van der Waals surface area contributed by atoms with E-state index in [1.54, 1.807) is 0 Å². The summed E-state index contributed by atoms with van der Waals surface area (Å²) in [7, 11) is 0. The second-order valence-corrected chi connectivity index (χ2v) is 6.44. The summed E-state index contributed by atoms with van der Waals surface area (Å²) in [5.74, 6) is 0. The van der Waals surface area contributed by atoms with Gasteiger partial charge in [-0.1, -0.05) is 84.9 Å². The van der Waals surface area contributed by atoms with Gasteiger partial charge in [-0.05, 0) is 39.1 Å². The van der Waals surface area contributed by atoms with Gasteiger partial charge in [0.05, 0.1) is 11.7 Å². The molecule has 0 saturated heterocycles. The standard InChI is InChI=1S/C23H18N2/c1-2-8-19-16(6-1)7-5-10-20(19)17-12-14-18(15-13-17)23-21-9-3-4-11-22(21)24-25-23/h1-15,23-25H. The number of hydrazine groups is 1. The predicted molar refractivity (Wildman–Crippen MR) is 104 cm³/mol. The van der Waals surface area contributed by atoms with E-state index in [4.69, 9.17) is 0 Å². The van der Waals surface area contributed by atoms with Gasteiger partial charge in [-0.3, -0.25) is 0 Å². The molecule has 0 amide bonds. The van der Waals surface area contributed by atoms with Crippen molar-refractivity contribution < 1.29 is 0 Å². The van der Waals surface area contributed by atoms with E-state index in [2.05, 4.69) is 102 Å².